The second kappa shape index (κ2) is 8.78. The Labute approximate surface area is 142 Å². The Morgan fingerprint density at radius 2 is 2.04 bits per heavy atom. The minimum Gasteiger partial charge on any atom is -0.466 e. The Bertz CT molecular complexity index is 562. The van der Waals surface area contributed by atoms with E-state index in [1.165, 1.54) is 12.1 Å². The highest BCUT2D eigenvalue weighted by molar-refractivity contribution is 5.78. The molecule has 1 amide bonds. The number of carbonyl (C=O) groups excluding carboxylic acids is 2. The van der Waals surface area contributed by atoms with Crippen LogP contribution in [-0.2, 0) is 20.9 Å². The van der Waals surface area contributed by atoms with Gasteiger partial charge in [0, 0.05) is 20.1 Å². The molecule has 1 fully saturated rings. The molecule has 0 spiro atoms. The van der Waals surface area contributed by atoms with Gasteiger partial charge in [-0.25, -0.2) is 4.39 Å². The number of likely N-dealkylation sites (N-methyl/N-ethyl adjacent to an activating group) is 1. The SMILES string of the molecule is CCOC(=O)C1CCCN(CC(=O)N(C)Cc2ccc(F)cc2)C1. The molecule has 0 radical (unpaired) electrons. The van der Waals surface area contributed by atoms with Crippen molar-refractivity contribution in [1.82, 2.24) is 9.80 Å². The molecule has 5 nitrogen and oxygen atoms in total. The monoisotopic (exact) mass is 336 g/mol. The average molecular weight is 336 g/mol. The predicted molar refractivity (Wildman–Crippen MR) is 88.7 cm³/mol. The van der Waals surface area contributed by atoms with Gasteiger partial charge in [0.1, 0.15) is 5.82 Å². The van der Waals surface area contributed by atoms with Crippen LogP contribution in [0.1, 0.15) is 25.3 Å². The van der Waals surface area contributed by atoms with E-state index in [0.717, 1.165) is 24.9 Å². The van der Waals surface area contributed by atoms with Gasteiger partial charge >= 0.3 is 5.97 Å². The molecular formula is C18H25FN2O3. The molecule has 1 aliphatic rings. The molecule has 1 unspecified atom stereocenters. The number of amides is 1. The van der Waals surface area contributed by atoms with E-state index in [0.29, 0.717) is 19.7 Å². The van der Waals surface area contributed by atoms with Crippen LogP contribution in [0.2, 0.25) is 0 Å². The number of halogens is 1. The number of nitrogens with zero attached hydrogens (tertiary/aromatic N) is 2. The summed E-state index contributed by atoms with van der Waals surface area (Å²) in [6, 6.07) is 6.14. The highest BCUT2D eigenvalue weighted by Gasteiger charge is 2.28. The van der Waals surface area contributed by atoms with Gasteiger partial charge in [0.15, 0.2) is 0 Å². The van der Waals surface area contributed by atoms with Crippen LogP contribution in [0.4, 0.5) is 4.39 Å². The van der Waals surface area contributed by atoms with Crippen LogP contribution >= 0.6 is 0 Å². The van der Waals surface area contributed by atoms with Gasteiger partial charge in [0.2, 0.25) is 5.91 Å². The zero-order chi connectivity index (χ0) is 17.5. The van der Waals surface area contributed by atoms with E-state index in [1.807, 2.05) is 4.90 Å². The predicted octanol–water partition coefficient (Wildman–Crippen LogP) is 2.06. The van der Waals surface area contributed by atoms with Gasteiger partial charge in [-0.2, -0.15) is 0 Å². The number of carbonyl (C=O) groups is 2. The molecule has 24 heavy (non-hydrogen) atoms. The maximum atomic E-state index is 12.9. The molecule has 1 aromatic rings. The lowest BCUT2D eigenvalue weighted by Crippen LogP contribution is -2.44. The zero-order valence-electron chi connectivity index (χ0n) is 14.3. The van der Waals surface area contributed by atoms with E-state index in [9.17, 15) is 14.0 Å². The highest BCUT2D eigenvalue weighted by Crippen LogP contribution is 2.18. The Kier molecular flexibility index (Phi) is 6.73. The first-order valence-electron chi connectivity index (χ1n) is 8.37. The van der Waals surface area contributed by atoms with Crippen LogP contribution in [0, 0.1) is 11.7 Å². The Balaban J connectivity index is 1.84. The lowest BCUT2D eigenvalue weighted by Gasteiger charge is -2.32. The summed E-state index contributed by atoms with van der Waals surface area (Å²) >= 11 is 0. The van der Waals surface area contributed by atoms with Crippen LogP contribution in [0.3, 0.4) is 0 Å². The molecule has 1 saturated heterocycles. The summed E-state index contributed by atoms with van der Waals surface area (Å²) in [6.07, 6.45) is 1.70. The van der Waals surface area contributed by atoms with Gasteiger partial charge in [0.05, 0.1) is 19.1 Å². The molecule has 0 saturated carbocycles. The fourth-order valence-electron chi connectivity index (χ4n) is 2.92. The standard InChI is InChI=1S/C18H25FN2O3/c1-3-24-18(23)15-5-4-10-21(12-15)13-17(22)20(2)11-14-6-8-16(19)9-7-14/h6-9,15H,3-5,10-13H2,1-2H3. The second-order valence-electron chi connectivity index (χ2n) is 6.20. The third-order valence-corrected chi connectivity index (χ3v) is 4.24. The van der Waals surface area contributed by atoms with Crippen LogP contribution in [-0.4, -0.2) is 55.0 Å². The summed E-state index contributed by atoms with van der Waals surface area (Å²) < 4.78 is 18.0. The van der Waals surface area contributed by atoms with Crippen molar-refractivity contribution in [2.75, 3.05) is 33.3 Å². The number of esters is 1. The molecule has 0 bridgehead atoms. The van der Waals surface area contributed by atoms with E-state index in [1.54, 1.807) is 31.0 Å². The van der Waals surface area contributed by atoms with Gasteiger partial charge < -0.3 is 9.64 Å². The van der Waals surface area contributed by atoms with Gasteiger partial charge in [-0.1, -0.05) is 12.1 Å². The normalized spacial score (nSPS) is 18.2. The van der Waals surface area contributed by atoms with Crippen LogP contribution in [0.25, 0.3) is 0 Å². The minimum absolute atomic E-state index is 0.0103. The third-order valence-electron chi connectivity index (χ3n) is 4.24. The van der Waals surface area contributed by atoms with E-state index in [4.69, 9.17) is 4.74 Å². The fraction of sp³-hybridized carbons (Fsp3) is 0.556. The topological polar surface area (TPSA) is 49.9 Å². The number of hydrogen-bond donors (Lipinski definition) is 0. The van der Waals surface area contributed by atoms with Gasteiger partial charge in [-0.3, -0.25) is 14.5 Å². The van der Waals surface area contributed by atoms with Crippen molar-refractivity contribution in [3.05, 3.63) is 35.6 Å². The summed E-state index contributed by atoms with van der Waals surface area (Å²) in [4.78, 5) is 27.9. The lowest BCUT2D eigenvalue weighted by atomic mass is 9.98. The minimum atomic E-state index is -0.286. The van der Waals surface area contributed by atoms with Crippen molar-refractivity contribution in [2.45, 2.75) is 26.3 Å². The maximum absolute atomic E-state index is 12.9. The van der Waals surface area contributed by atoms with Crippen LogP contribution in [0.5, 0.6) is 0 Å². The first-order valence-corrected chi connectivity index (χ1v) is 8.37. The van der Waals surface area contributed by atoms with Crippen LogP contribution in [0.15, 0.2) is 24.3 Å². The van der Waals surface area contributed by atoms with Crippen molar-refractivity contribution in [3.8, 4) is 0 Å². The number of benzene rings is 1. The zero-order valence-corrected chi connectivity index (χ0v) is 14.3. The fourth-order valence-corrected chi connectivity index (χ4v) is 2.92. The first kappa shape index (κ1) is 18.4. The number of likely N-dealkylation sites (tertiary alicyclic amines) is 1. The molecule has 1 aliphatic heterocycles. The quantitative estimate of drug-likeness (QED) is 0.746. The lowest BCUT2D eigenvalue weighted by molar-refractivity contribution is -0.150. The molecule has 132 valence electrons. The second-order valence-corrected chi connectivity index (χ2v) is 6.20. The number of rotatable bonds is 6. The molecule has 0 N–H and O–H groups in total. The maximum Gasteiger partial charge on any atom is 0.310 e. The van der Waals surface area contributed by atoms with E-state index in [-0.39, 0.29) is 30.2 Å². The van der Waals surface area contributed by atoms with Crippen LogP contribution < -0.4 is 0 Å². The number of hydrogen-bond acceptors (Lipinski definition) is 4. The number of ether oxygens (including phenoxy) is 1. The number of piperidine rings is 1. The smallest absolute Gasteiger partial charge is 0.310 e. The molecule has 1 heterocycles. The third kappa shape index (κ3) is 5.30. The van der Waals surface area contributed by atoms with Crippen molar-refractivity contribution in [3.63, 3.8) is 0 Å². The van der Waals surface area contributed by atoms with E-state index >= 15 is 0 Å². The molecule has 0 aliphatic carbocycles. The van der Waals surface area contributed by atoms with Gasteiger partial charge in [-0.15, -0.1) is 0 Å². The Morgan fingerprint density at radius 1 is 1.33 bits per heavy atom. The molecule has 0 aromatic heterocycles. The van der Waals surface area contributed by atoms with Crippen molar-refractivity contribution >= 4 is 11.9 Å². The molecule has 6 heteroatoms. The van der Waals surface area contributed by atoms with Gasteiger partial charge in [-0.05, 0) is 44.0 Å². The van der Waals surface area contributed by atoms with E-state index in [2.05, 4.69) is 0 Å². The molecular weight excluding hydrogens is 311 g/mol. The van der Waals surface area contributed by atoms with Gasteiger partial charge in [0.25, 0.3) is 0 Å². The molecule has 1 aromatic carbocycles. The van der Waals surface area contributed by atoms with Crippen molar-refractivity contribution in [2.24, 2.45) is 5.92 Å². The summed E-state index contributed by atoms with van der Waals surface area (Å²) in [6.45, 7) is 4.28. The van der Waals surface area contributed by atoms with E-state index < -0.39 is 0 Å². The summed E-state index contributed by atoms with van der Waals surface area (Å²) in [7, 11) is 1.73. The molecule has 1 atom stereocenters. The largest absolute Gasteiger partial charge is 0.466 e. The summed E-state index contributed by atoms with van der Waals surface area (Å²) in [5, 5.41) is 0. The van der Waals surface area contributed by atoms with Crippen molar-refractivity contribution < 1.29 is 18.7 Å². The Morgan fingerprint density at radius 3 is 2.71 bits per heavy atom. The Hall–Kier alpha value is -1.95. The summed E-state index contributed by atoms with van der Waals surface area (Å²) in [5.74, 6) is -0.613. The first-order chi connectivity index (χ1) is 11.5. The highest BCUT2D eigenvalue weighted by atomic mass is 19.1. The molecule has 2 rings (SSSR count). The van der Waals surface area contributed by atoms with Crippen molar-refractivity contribution in [1.29, 1.82) is 0 Å². The summed E-state index contributed by atoms with van der Waals surface area (Å²) in [5.41, 5.74) is 0.885. The average Bonchev–Trinajstić information content (AvgIpc) is 2.57.